The minimum atomic E-state index is -0.757. The number of aryl methyl sites for hydroxylation is 1. The van der Waals surface area contributed by atoms with E-state index in [1.54, 1.807) is 13.0 Å². The molecule has 5 heteroatoms. The maximum absolute atomic E-state index is 11.4. The van der Waals surface area contributed by atoms with Crippen LogP contribution in [0.1, 0.15) is 35.7 Å². The maximum atomic E-state index is 11.4. The molecule has 1 amide bonds. The van der Waals surface area contributed by atoms with Crippen molar-refractivity contribution in [2.45, 2.75) is 26.7 Å². The highest BCUT2D eigenvalue weighted by Crippen LogP contribution is 2.33. The predicted octanol–water partition coefficient (Wildman–Crippen LogP) is 1.79. The molecule has 1 heterocycles. The molecule has 1 fully saturated rings. The van der Waals surface area contributed by atoms with E-state index in [1.807, 2.05) is 19.1 Å². The van der Waals surface area contributed by atoms with Gasteiger partial charge in [-0.2, -0.15) is 0 Å². The molecular weight excluding hydrogens is 256 g/mol. The molecule has 1 unspecified atom stereocenters. The predicted molar refractivity (Wildman–Crippen MR) is 76.9 cm³/mol. The second-order valence-corrected chi connectivity index (χ2v) is 5.75. The zero-order valence-corrected chi connectivity index (χ0v) is 11.8. The SMILES string of the molecule is Cc1cc(N2CCCC(C)(C(=O)O)C2)ccc1C(N)=O. The fourth-order valence-electron chi connectivity index (χ4n) is 2.76. The molecule has 0 aromatic heterocycles. The molecule has 1 saturated heterocycles. The fraction of sp³-hybridized carbons (Fsp3) is 0.467. The minimum absolute atomic E-state index is 0.442. The van der Waals surface area contributed by atoms with Crippen LogP contribution in [0, 0.1) is 12.3 Å². The van der Waals surface area contributed by atoms with Gasteiger partial charge in [-0.1, -0.05) is 0 Å². The summed E-state index contributed by atoms with van der Waals surface area (Å²) in [5.41, 5.74) is 6.85. The average Bonchev–Trinajstić information content (AvgIpc) is 2.38. The van der Waals surface area contributed by atoms with Gasteiger partial charge in [0.2, 0.25) is 5.91 Å². The molecule has 3 N–H and O–H groups in total. The molecule has 1 aliphatic rings. The molecular formula is C15H20N2O3. The van der Waals surface area contributed by atoms with Gasteiger partial charge in [0.05, 0.1) is 5.41 Å². The molecule has 1 aromatic rings. The molecule has 1 aromatic carbocycles. The minimum Gasteiger partial charge on any atom is -0.481 e. The topological polar surface area (TPSA) is 83.6 Å². The lowest BCUT2D eigenvalue weighted by atomic mass is 9.82. The molecule has 0 spiro atoms. The monoisotopic (exact) mass is 276 g/mol. The largest absolute Gasteiger partial charge is 0.481 e. The van der Waals surface area contributed by atoms with Crippen molar-refractivity contribution in [2.75, 3.05) is 18.0 Å². The van der Waals surface area contributed by atoms with Crippen LogP contribution in [0.4, 0.5) is 5.69 Å². The van der Waals surface area contributed by atoms with Gasteiger partial charge >= 0.3 is 5.97 Å². The quantitative estimate of drug-likeness (QED) is 0.881. The number of piperidine rings is 1. The van der Waals surface area contributed by atoms with E-state index in [2.05, 4.69) is 4.90 Å². The third-order valence-electron chi connectivity index (χ3n) is 4.05. The van der Waals surface area contributed by atoms with E-state index in [4.69, 9.17) is 5.73 Å². The fourth-order valence-corrected chi connectivity index (χ4v) is 2.76. The molecule has 0 saturated carbocycles. The van der Waals surface area contributed by atoms with Crippen molar-refractivity contribution in [2.24, 2.45) is 11.1 Å². The first-order valence-electron chi connectivity index (χ1n) is 6.72. The van der Waals surface area contributed by atoms with Gasteiger partial charge in [-0.15, -0.1) is 0 Å². The molecule has 2 rings (SSSR count). The number of benzene rings is 1. The van der Waals surface area contributed by atoms with Gasteiger partial charge in [0, 0.05) is 24.3 Å². The van der Waals surface area contributed by atoms with E-state index in [9.17, 15) is 14.7 Å². The van der Waals surface area contributed by atoms with Crippen molar-refractivity contribution in [1.82, 2.24) is 0 Å². The third kappa shape index (κ3) is 2.61. The Morgan fingerprint density at radius 3 is 2.65 bits per heavy atom. The van der Waals surface area contributed by atoms with E-state index in [1.165, 1.54) is 0 Å². The Labute approximate surface area is 118 Å². The summed E-state index contributed by atoms with van der Waals surface area (Å²) in [6.07, 6.45) is 1.54. The van der Waals surface area contributed by atoms with Gasteiger partial charge in [-0.25, -0.2) is 0 Å². The average molecular weight is 276 g/mol. The highest BCUT2D eigenvalue weighted by molar-refractivity contribution is 5.94. The van der Waals surface area contributed by atoms with Crippen molar-refractivity contribution in [3.8, 4) is 0 Å². The van der Waals surface area contributed by atoms with E-state index in [0.717, 1.165) is 24.2 Å². The summed E-state index contributed by atoms with van der Waals surface area (Å²) in [5, 5.41) is 9.35. The lowest BCUT2D eigenvalue weighted by molar-refractivity contribution is -0.148. The van der Waals surface area contributed by atoms with Crippen LogP contribution in [0.5, 0.6) is 0 Å². The van der Waals surface area contributed by atoms with Crippen LogP contribution in [-0.4, -0.2) is 30.1 Å². The van der Waals surface area contributed by atoms with Gasteiger partial charge in [0.1, 0.15) is 0 Å². The summed E-state index contributed by atoms with van der Waals surface area (Å²) in [5.74, 6) is -1.20. The van der Waals surface area contributed by atoms with Gasteiger partial charge in [-0.3, -0.25) is 9.59 Å². The van der Waals surface area contributed by atoms with Crippen LogP contribution in [0.25, 0.3) is 0 Å². The smallest absolute Gasteiger partial charge is 0.311 e. The number of carboxylic acids is 1. The Hall–Kier alpha value is -2.04. The van der Waals surface area contributed by atoms with Crippen LogP contribution in [0.3, 0.4) is 0 Å². The van der Waals surface area contributed by atoms with E-state index in [0.29, 0.717) is 18.5 Å². The zero-order valence-electron chi connectivity index (χ0n) is 11.8. The summed E-state index contributed by atoms with van der Waals surface area (Å²) >= 11 is 0. The highest BCUT2D eigenvalue weighted by atomic mass is 16.4. The van der Waals surface area contributed by atoms with E-state index >= 15 is 0 Å². The molecule has 0 aliphatic carbocycles. The molecule has 108 valence electrons. The second kappa shape index (κ2) is 5.15. The van der Waals surface area contributed by atoms with Crippen LogP contribution < -0.4 is 10.6 Å². The van der Waals surface area contributed by atoms with Gasteiger partial charge in [0.15, 0.2) is 0 Å². The lowest BCUT2D eigenvalue weighted by Crippen LogP contribution is -2.46. The Kier molecular flexibility index (Phi) is 3.70. The van der Waals surface area contributed by atoms with Crippen LogP contribution >= 0.6 is 0 Å². The first-order valence-corrected chi connectivity index (χ1v) is 6.72. The third-order valence-corrected chi connectivity index (χ3v) is 4.05. The standard InChI is InChI=1S/C15H20N2O3/c1-10-8-11(4-5-12(10)13(16)18)17-7-3-6-15(2,9-17)14(19)20/h4-5,8H,3,6-7,9H2,1-2H3,(H2,16,18)(H,19,20). The van der Waals surface area contributed by atoms with Crippen LogP contribution in [0.15, 0.2) is 18.2 Å². The number of rotatable bonds is 3. The number of carboxylic acid groups (broad SMARTS) is 1. The van der Waals surface area contributed by atoms with Crippen LogP contribution in [-0.2, 0) is 4.79 Å². The van der Waals surface area contributed by atoms with E-state index < -0.39 is 17.3 Å². The molecule has 1 aliphatic heterocycles. The number of hydrogen-bond donors (Lipinski definition) is 2. The first-order chi connectivity index (χ1) is 9.33. The number of hydrogen-bond acceptors (Lipinski definition) is 3. The van der Waals surface area contributed by atoms with Crippen molar-refractivity contribution < 1.29 is 14.7 Å². The number of nitrogens with zero attached hydrogens (tertiary/aromatic N) is 1. The lowest BCUT2D eigenvalue weighted by Gasteiger charge is -2.39. The number of carbonyl (C=O) groups excluding carboxylic acids is 1. The number of amides is 1. The normalized spacial score (nSPS) is 22.6. The van der Waals surface area contributed by atoms with Crippen molar-refractivity contribution in [3.63, 3.8) is 0 Å². The van der Waals surface area contributed by atoms with Crippen molar-refractivity contribution >= 4 is 17.6 Å². The van der Waals surface area contributed by atoms with Crippen molar-refractivity contribution in [1.29, 1.82) is 0 Å². The number of carbonyl (C=O) groups is 2. The summed E-state index contributed by atoms with van der Waals surface area (Å²) in [6.45, 7) is 4.94. The number of primary amides is 1. The molecule has 0 radical (unpaired) electrons. The Morgan fingerprint density at radius 2 is 2.10 bits per heavy atom. The summed E-state index contributed by atoms with van der Waals surface area (Å²) in [6, 6.07) is 5.44. The van der Waals surface area contributed by atoms with Gasteiger partial charge in [-0.05, 0) is 50.5 Å². The van der Waals surface area contributed by atoms with Crippen molar-refractivity contribution in [3.05, 3.63) is 29.3 Å². The van der Waals surface area contributed by atoms with Gasteiger partial charge in [0.25, 0.3) is 0 Å². The van der Waals surface area contributed by atoms with E-state index in [-0.39, 0.29) is 0 Å². The maximum Gasteiger partial charge on any atom is 0.311 e. The molecule has 0 bridgehead atoms. The Morgan fingerprint density at radius 1 is 1.40 bits per heavy atom. The van der Waals surface area contributed by atoms with Crippen LogP contribution in [0.2, 0.25) is 0 Å². The highest BCUT2D eigenvalue weighted by Gasteiger charge is 2.37. The number of anilines is 1. The summed E-state index contributed by atoms with van der Waals surface area (Å²) < 4.78 is 0. The zero-order chi connectivity index (χ0) is 14.9. The number of nitrogens with two attached hydrogens (primary N) is 1. The first kappa shape index (κ1) is 14.4. The molecule has 5 nitrogen and oxygen atoms in total. The van der Waals surface area contributed by atoms with Gasteiger partial charge < -0.3 is 15.7 Å². The molecule has 20 heavy (non-hydrogen) atoms. The number of aliphatic carboxylic acids is 1. The Bertz CT molecular complexity index is 556. The summed E-state index contributed by atoms with van der Waals surface area (Å²) in [7, 11) is 0. The molecule has 1 atom stereocenters. The second-order valence-electron chi connectivity index (χ2n) is 5.75. The Balaban J connectivity index is 2.26. The summed E-state index contributed by atoms with van der Waals surface area (Å²) in [4.78, 5) is 24.7.